The van der Waals surface area contributed by atoms with E-state index >= 15 is 0 Å². The second-order valence-corrected chi connectivity index (χ2v) is 7.77. The molecule has 2 unspecified atom stereocenters. The minimum atomic E-state index is -0.699. The summed E-state index contributed by atoms with van der Waals surface area (Å²) in [6, 6.07) is 13.4. The number of imide groups is 1. The Bertz CT molecular complexity index is 1130. The lowest BCUT2D eigenvalue weighted by molar-refractivity contribution is -0.132. The van der Waals surface area contributed by atoms with E-state index in [9.17, 15) is 14.4 Å². The minimum Gasteiger partial charge on any atom is -0.361 e. The van der Waals surface area contributed by atoms with Crippen LogP contribution in [0.4, 0.5) is 4.79 Å². The number of benzene rings is 2. The Kier molecular flexibility index (Phi) is 5.46. The van der Waals surface area contributed by atoms with Crippen LogP contribution in [0.15, 0.2) is 54.7 Å². The zero-order valence-electron chi connectivity index (χ0n) is 16.3. The monoisotopic (exact) mass is 424 g/mol. The van der Waals surface area contributed by atoms with Gasteiger partial charge in [-0.2, -0.15) is 0 Å². The first-order valence-electron chi connectivity index (χ1n) is 9.64. The number of carbonyl (C=O) groups excluding carboxylic acids is 3. The van der Waals surface area contributed by atoms with E-state index in [0.29, 0.717) is 11.4 Å². The molecule has 3 aromatic rings. The average molecular weight is 425 g/mol. The molecule has 1 aliphatic heterocycles. The number of nitrogens with one attached hydrogen (secondary N) is 3. The Morgan fingerprint density at radius 2 is 2.00 bits per heavy atom. The van der Waals surface area contributed by atoms with E-state index in [1.165, 1.54) is 0 Å². The average Bonchev–Trinajstić information content (AvgIpc) is 3.24. The van der Waals surface area contributed by atoms with Gasteiger partial charge in [-0.1, -0.05) is 41.9 Å². The van der Waals surface area contributed by atoms with Crippen LogP contribution in [0, 0.1) is 0 Å². The number of aromatic nitrogens is 1. The number of H-pyrrole nitrogens is 1. The summed E-state index contributed by atoms with van der Waals surface area (Å²) in [5.74, 6) is -0.824. The predicted octanol–water partition coefficient (Wildman–Crippen LogP) is 3.16. The molecule has 1 aromatic heterocycles. The Morgan fingerprint density at radius 1 is 1.20 bits per heavy atom. The van der Waals surface area contributed by atoms with Crippen molar-refractivity contribution in [1.29, 1.82) is 0 Å². The van der Waals surface area contributed by atoms with Crippen LogP contribution in [0.5, 0.6) is 0 Å². The standard InChI is InChI=1S/C22H21ClN4O3/c1-13(14-5-4-6-16(23)9-14)25-20(28)12-27-21(29)19(26-22(27)30)10-15-11-24-18-8-3-2-7-17(15)18/h2-9,11,13,19,24H,10,12H2,1H3,(H,25,28)(H,26,30). The van der Waals surface area contributed by atoms with Crippen molar-refractivity contribution in [3.8, 4) is 0 Å². The molecule has 4 amide bonds. The van der Waals surface area contributed by atoms with Gasteiger partial charge in [-0.15, -0.1) is 0 Å². The summed E-state index contributed by atoms with van der Waals surface area (Å²) in [5, 5.41) is 7.06. The lowest BCUT2D eigenvalue weighted by atomic mass is 10.1. The fourth-order valence-electron chi connectivity index (χ4n) is 3.68. The third kappa shape index (κ3) is 4.02. The molecule has 2 atom stereocenters. The first-order chi connectivity index (χ1) is 14.4. The first kappa shape index (κ1) is 20.0. The predicted molar refractivity (Wildman–Crippen MR) is 114 cm³/mol. The van der Waals surface area contributed by atoms with E-state index in [1.807, 2.05) is 43.5 Å². The van der Waals surface area contributed by atoms with E-state index in [2.05, 4.69) is 15.6 Å². The van der Waals surface area contributed by atoms with Crippen molar-refractivity contribution in [2.45, 2.75) is 25.4 Å². The van der Waals surface area contributed by atoms with Gasteiger partial charge in [0, 0.05) is 28.5 Å². The molecule has 1 aliphatic rings. The van der Waals surface area contributed by atoms with Crippen molar-refractivity contribution in [3.05, 3.63) is 70.9 Å². The summed E-state index contributed by atoms with van der Waals surface area (Å²) in [7, 11) is 0. The summed E-state index contributed by atoms with van der Waals surface area (Å²) in [4.78, 5) is 41.6. The summed E-state index contributed by atoms with van der Waals surface area (Å²) in [6.45, 7) is 1.48. The van der Waals surface area contributed by atoms with Gasteiger partial charge in [0.2, 0.25) is 5.91 Å². The molecule has 1 fully saturated rings. The molecule has 0 radical (unpaired) electrons. The topological polar surface area (TPSA) is 94.3 Å². The van der Waals surface area contributed by atoms with E-state index < -0.39 is 23.9 Å². The summed E-state index contributed by atoms with van der Waals surface area (Å²) < 4.78 is 0. The van der Waals surface area contributed by atoms with Crippen LogP contribution in [0.3, 0.4) is 0 Å². The van der Waals surface area contributed by atoms with Crippen LogP contribution >= 0.6 is 11.6 Å². The fraction of sp³-hybridized carbons (Fsp3) is 0.227. The Hall–Kier alpha value is -3.32. The third-order valence-electron chi connectivity index (χ3n) is 5.23. The van der Waals surface area contributed by atoms with Gasteiger partial charge in [0.05, 0.1) is 6.04 Å². The van der Waals surface area contributed by atoms with Gasteiger partial charge in [0.15, 0.2) is 0 Å². The third-order valence-corrected chi connectivity index (χ3v) is 5.47. The zero-order valence-corrected chi connectivity index (χ0v) is 17.1. The highest BCUT2D eigenvalue weighted by molar-refractivity contribution is 6.30. The maximum absolute atomic E-state index is 12.7. The van der Waals surface area contributed by atoms with Crippen molar-refractivity contribution in [1.82, 2.24) is 20.5 Å². The SMILES string of the molecule is CC(NC(=O)CN1C(=O)NC(Cc2c[nH]c3ccccc23)C1=O)c1cccc(Cl)c1. The van der Waals surface area contributed by atoms with Gasteiger partial charge in [-0.3, -0.25) is 14.5 Å². The smallest absolute Gasteiger partial charge is 0.325 e. The number of urea groups is 1. The normalized spacial score (nSPS) is 17.3. The van der Waals surface area contributed by atoms with Gasteiger partial charge >= 0.3 is 6.03 Å². The quantitative estimate of drug-likeness (QED) is 0.530. The molecule has 1 saturated heterocycles. The van der Waals surface area contributed by atoms with Crippen LogP contribution < -0.4 is 10.6 Å². The number of hydrogen-bond donors (Lipinski definition) is 3. The highest BCUT2D eigenvalue weighted by atomic mass is 35.5. The van der Waals surface area contributed by atoms with Gasteiger partial charge in [0.25, 0.3) is 5.91 Å². The maximum atomic E-state index is 12.7. The number of amides is 4. The van der Waals surface area contributed by atoms with E-state index in [4.69, 9.17) is 11.6 Å². The molecule has 2 aromatic carbocycles. The molecule has 154 valence electrons. The molecule has 4 rings (SSSR count). The van der Waals surface area contributed by atoms with Crippen molar-refractivity contribution in [3.63, 3.8) is 0 Å². The van der Waals surface area contributed by atoms with Crippen LogP contribution in [0.1, 0.15) is 24.1 Å². The molecule has 3 N–H and O–H groups in total. The van der Waals surface area contributed by atoms with Crippen LogP contribution in [0.25, 0.3) is 10.9 Å². The van der Waals surface area contributed by atoms with Crippen molar-refractivity contribution >= 4 is 40.3 Å². The maximum Gasteiger partial charge on any atom is 0.325 e. The Morgan fingerprint density at radius 3 is 2.80 bits per heavy atom. The van der Waals surface area contributed by atoms with Crippen LogP contribution in [-0.2, 0) is 16.0 Å². The number of aromatic amines is 1. The lowest BCUT2D eigenvalue weighted by Gasteiger charge is -2.17. The van der Waals surface area contributed by atoms with Crippen molar-refractivity contribution in [2.24, 2.45) is 0 Å². The molecular weight excluding hydrogens is 404 g/mol. The number of rotatable bonds is 6. The summed E-state index contributed by atoms with van der Waals surface area (Å²) in [6.07, 6.45) is 2.19. The summed E-state index contributed by atoms with van der Waals surface area (Å²) in [5.41, 5.74) is 2.74. The molecular formula is C22H21ClN4O3. The van der Waals surface area contributed by atoms with Crippen molar-refractivity contribution in [2.75, 3.05) is 6.54 Å². The van der Waals surface area contributed by atoms with E-state index in [0.717, 1.165) is 26.9 Å². The number of halogens is 1. The van der Waals surface area contributed by atoms with Crippen LogP contribution in [0.2, 0.25) is 5.02 Å². The number of carbonyl (C=O) groups is 3. The van der Waals surface area contributed by atoms with Gasteiger partial charge in [-0.25, -0.2) is 4.79 Å². The minimum absolute atomic E-state index is 0.306. The molecule has 0 saturated carbocycles. The van der Waals surface area contributed by atoms with Gasteiger partial charge in [0.1, 0.15) is 12.6 Å². The Labute approximate surface area is 178 Å². The Balaban J connectivity index is 1.39. The van der Waals surface area contributed by atoms with E-state index in [1.54, 1.807) is 18.2 Å². The van der Waals surface area contributed by atoms with Gasteiger partial charge < -0.3 is 15.6 Å². The molecule has 0 spiro atoms. The number of hydrogen-bond acceptors (Lipinski definition) is 3. The molecule has 7 nitrogen and oxygen atoms in total. The lowest BCUT2D eigenvalue weighted by Crippen LogP contribution is -2.42. The number of para-hydroxylation sites is 1. The second-order valence-electron chi connectivity index (χ2n) is 7.33. The molecule has 8 heteroatoms. The first-order valence-corrected chi connectivity index (χ1v) is 10.0. The molecule has 0 aliphatic carbocycles. The number of nitrogens with zero attached hydrogens (tertiary/aromatic N) is 1. The zero-order chi connectivity index (χ0) is 21.3. The molecule has 0 bridgehead atoms. The molecule has 2 heterocycles. The van der Waals surface area contributed by atoms with Crippen LogP contribution in [-0.4, -0.2) is 40.3 Å². The second kappa shape index (κ2) is 8.20. The molecule has 30 heavy (non-hydrogen) atoms. The highest BCUT2D eigenvalue weighted by Crippen LogP contribution is 2.21. The number of fused-ring (bicyclic) bond motifs is 1. The highest BCUT2D eigenvalue weighted by Gasteiger charge is 2.39. The van der Waals surface area contributed by atoms with E-state index in [-0.39, 0.29) is 12.6 Å². The largest absolute Gasteiger partial charge is 0.361 e. The van der Waals surface area contributed by atoms with Crippen molar-refractivity contribution < 1.29 is 14.4 Å². The fourth-order valence-corrected chi connectivity index (χ4v) is 3.87. The summed E-state index contributed by atoms with van der Waals surface area (Å²) >= 11 is 5.99. The van der Waals surface area contributed by atoms with Gasteiger partial charge in [-0.05, 0) is 36.2 Å².